The molecule has 0 fully saturated rings. The van der Waals surface area contributed by atoms with E-state index in [1.54, 1.807) is 28.5 Å². The van der Waals surface area contributed by atoms with Gasteiger partial charge in [-0.2, -0.15) is 0 Å². The Hall–Kier alpha value is -1.66. The average Bonchev–Trinajstić information content (AvgIpc) is 3.01. The molecule has 94 valence electrons. The van der Waals surface area contributed by atoms with Gasteiger partial charge < -0.3 is 4.90 Å². The van der Waals surface area contributed by atoms with Gasteiger partial charge in [-0.25, -0.2) is 9.78 Å². The van der Waals surface area contributed by atoms with Gasteiger partial charge in [-0.15, -0.1) is 29.3 Å². The first-order valence-corrected chi connectivity index (χ1v) is 7.14. The summed E-state index contributed by atoms with van der Waals surface area (Å²) in [4.78, 5) is 18.9. The Kier molecular flexibility index (Phi) is 4.49. The Balaban J connectivity index is 2.00. The molecule has 0 aliphatic carbocycles. The molecule has 1 N–H and O–H groups in total. The summed E-state index contributed by atoms with van der Waals surface area (Å²) in [5.41, 5.74) is 0. The smallest absolute Gasteiger partial charge is 0.316 e. The van der Waals surface area contributed by atoms with Crippen molar-refractivity contribution in [3.63, 3.8) is 0 Å². The summed E-state index contributed by atoms with van der Waals surface area (Å²) in [6.45, 7) is 4.77. The monoisotopic (exact) mass is 279 g/mol. The van der Waals surface area contributed by atoms with Crippen molar-refractivity contribution in [3.05, 3.63) is 46.6 Å². The van der Waals surface area contributed by atoms with E-state index in [-0.39, 0.29) is 6.03 Å². The van der Waals surface area contributed by atoms with Gasteiger partial charge in [0.15, 0.2) is 5.13 Å². The Labute approximate surface area is 114 Å². The maximum atomic E-state index is 12.1. The van der Waals surface area contributed by atoms with Crippen LogP contribution < -0.4 is 5.32 Å². The molecule has 0 aliphatic heterocycles. The molecule has 6 heteroatoms. The molecule has 0 spiro atoms. The number of carbonyl (C=O) groups is 1. The summed E-state index contributed by atoms with van der Waals surface area (Å²) < 4.78 is 0. The number of amides is 2. The van der Waals surface area contributed by atoms with E-state index < -0.39 is 0 Å². The quantitative estimate of drug-likeness (QED) is 0.852. The van der Waals surface area contributed by atoms with Crippen LogP contribution >= 0.6 is 22.7 Å². The lowest BCUT2D eigenvalue weighted by molar-refractivity contribution is 0.215. The van der Waals surface area contributed by atoms with Gasteiger partial charge in [-0.05, 0) is 11.4 Å². The minimum Gasteiger partial charge on any atom is -0.316 e. The highest BCUT2D eigenvalue weighted by Gasteiger charge is 2.14. The zero-order valence-electron chi connectivity index (χ0n) is 9.70. The van der Waals surface area contributed by atoms with E-state index in [0.717, 1.165) is 4.88 Å². The first-order chi connectivity index (χ1) is 8.79. The van der Waals surface area contributed by atoms with Gasteiger partial charge in [0.25, 0.3) is 0 Å². The summed E-state index contributed by atoms with van der Waals surface area (Å²) in [6.07, 6.45) is 3.38. The number of urea groups is 1. The van der Waals surface area contributed by atoms with Gasteiger partial charge in [0.05, 0.1) is 6.54 Å². The number of rotatable bonds is 5. The third-order valence-corrected chi connectivity index (χ3v) is 3.76. The fourth-order valence-electron chi connectivity index (χ4n) is 1.42. The second-order valence-corrected chi connectivity index (χ2v) is 5.44. The molecule has 0 aromatic carbocycles. The second-order valence-electron chi connectivity index (χ2n) is 3.52. The normalized spacial score (nSPS) is 10.0. The van der Waals surface area contributed by atoms with Gasteiger partial charge in [-0.3, -0.25) is 5.32 Å². The van der Waals surface area contributed by atoms with Crippen molar-refractivity contribution in [2.45, 2.75) is 6.54 Å². The fraction of sp³-hybridized carbons (Fsp3) is 0.167. The molecule has 0 saturated carbocycles. The Bertz CT molecular complexity index is 493. The molecule has 0 bridgehead atoms. The molecule has 0 radical (unpaired) electrons. The van der Waals surface area contributed by atoms with Gasteiger partial charge in [0, 0.05) is 23.0 Å². The van der Waals surface area contributed by atoms with Crippen molar-refractivity contribution in [1.82, 2.24) is 9.88 Å². The van der Waals surface area contributed by atoms with E-state index in [1.165, 1.54) is 11.3 Å². The van der Waals surface area contributed by atoms with Crippen LogP contribution in [0.1, 0.15) is 4.88 Å². The number of aromatic nitrogens is 1. The average molecular weight is 279 g/mol. The van der Waals surface area contributed by atoms with Crippen molar-refractivity contribution < 1.29 is 4.79 Å². The van der Waals surface area contributed by atoms with Crippen molar-refractivity contribution in [1.29, 1.82) is 0 Å². The molecule has 2 amide bonds. The number of thiophene rings is 1. The third-order valence-electron chi connectivity index (χ3n) is 2.21. The van der Waals surface area contributed by atoms with Gasteiger partial charge >= 0.3 is 6.03 Å². The number of anilines is 1. The summed E-state index contributed by atoms with van der Waals surface area (Å²) in [5.74, 6) is 0. The minimum absolute atomic E-state index is 0.154. The summed E-state index contributed by atoms with van der Waals surface area (Å²) in [5, 5.41) is 7.21. The zero-order valence-corrected chi connectivity index (χ0v) is 11.3. The van der Waals surface area contributed by atoms with E-state index in [4.69, 9.17) is 0 Å². The number of hydrogen-bond donors (Lipinski definition) is 1. The molecule has 2 rings (SSSR count). The zero-order chi connectivity index (χ0) is 12.8. The topological polar surface area (TPSA) is 45.2 Å². The maximum absolute atomic E-state index is 12.1. The molecule has 2 aromatic heterocycles. The van der Waals surface area contributed by atoms with Crippen LogP contribution in [0.3, 0.4) is 0 Å². The number of hydrogen-bond acceptors (Lipinski definition) is 4. The highest BCUT2D eigenvalue weighted by Crippen LogP contribution is 2.15. The molecule has 2 aromatic rings. The molecule has 0 saturated heterocycles. The first-order valence-electron chi connectivity index (χ1n) is 5.38. The fourth-order valence-corrected chi connectivity index (χ4v) is 2.66. The number of thiazole rings is 1. The predicted molar refractivity (Wildman–Crippen MR) is 76.1 cm³/mol. The second kappa shape index (κ2) is 6.32. The van der Waals surface area contributed by atoms with E-state index in [2.05, 4.69) is 16.9 Å². The minimum atomic E-state index is -0.154. The highest BCUT2D eigenvalue weighted by atomic mass is 32.1. The Morgan fingerprint density at radius 3 is 3.00 bits per heavy atom. The SMILES string of the molecule is C=CCN(Cc1cccs1)C(=O)Nc1nccs1. The first kappa shape index (κ1) is 12.8. The standard InChI is InChI=1S/C12H13N3OS2/c1-2-6-15(9-10-4-3-7-17-10)12(16)14-11-13-5-8-18-11/h2-5,7-8H,1,6,9H2,(H,13,14,16). The maximum Gasteiger partial charge on any atom is 0.324 e. The molecule has 18 heavy (non-hydrogen) atoms. The highest BCUT2D eigenvalue weighted by molar-refractivity contribution is 7.13. The van der Waals surface area contributed by atoms with Crippen molar-refractivity contribution in [2.75, 3.05) is 11.9 Å². The lowest BCUT2D eigenvalue weighted by atomic mass is 10.4. The van der Waals surface area contributed by atoms with Crippen LogP contribution in [0.4, 0.5) is 9.93 Å². The third kappa shape index (κ3) is 3.41. The molecule has 4 nitrogen and oxygen atoms in total. The van der Waals surface area contributed by atoms with Crippen LogP contribution in [0.5, 0.6) is 0 Å². The van der Waals surface area contributed by atoms with Gasteiger partial charge in [-0.1, -0.05) is 12.1 Å². The molecular formula is C12H13N3OS2. The number of nitrogens with zero attached hydrogens (tertiary/aromatic N) is 2. The lowest BCUT2D eigenvalue weighted by Crippen LogP contribution is -2.34. The molecule has 0 unspecified atom stereocenters. The van der Waals surface area contributed by atoms with Crippen LogP contribution in [-0.4, -0.2) is 22.5 Å². The van der Waals surface area contributed by atoms with Gasteiger partial charge in [0.2, 0.25) is 0 Å². The van der Waals surface area contributed by atoms with Crippen molar-refractivity contribution in [2.24, 2.45) is 0 Å². The number of nitrogens with one attached hydrogen (secondary N) is 1. The van der Waals surface area contributed by atoms with Crippen LogP contribution in [0.25, 0.3) is 0 Å². The summed E-state index contributed by atoms with van der Waals surface area (Å²) in [7, 11) is 0. The van der Waals surface area contributed by atoms with Crippen LogP contribution in [0.15, 0.2) is 41.7 Å². The molecule has 0 atom stereocenters. The Morgan fingerprint density at radius 1 is 1.50 bits per heavy atom. The van der Waals surface area contributed by atoms with E-state index in [0.29, 0.717) is 18.2 Å². The van der Waals surface area contributed by atoms with Crippen LogP contribution in [0.2, 0.25) is 0 Å². The molecule has 0 aliphatic rings. The van der Waals surface area contributed by atoms with Gasteiger partial charge in [0.1, 0.15) is 0 Å². The van der Waals surface area contributed by atoms with E-state index >= 15 is 0 Å². The van der Waals surface area contributed by atoms with Crippen LogP contribution in [-0.2, 0) is 6.54 Å². The summed E-state index contributed by atoms with van der Waals surface area (Å²) >= 11 is 3.04. The van der Waals surface area contributed by atoms with Crippen molar-refractivity contribution >= 4 is 33.8 Å². The van der Waals surface area contributed by atoms with E-state index in [9.17, 15) is 4.79 Å². The summed E-state index contributed by atoms with van der Waals surface area (Å²) in [6, 6.07) is 3.83. The molecular weight excluding hydrogens is 266 g/mol. The van der Waals surface area contributed by atoms with E-state index in [1.807, 2.05) is 22.9 Å². The Morgan fingerprint density at radius 2 is 2.39 bits per heavy atom. The predicted octanol–water partition coefficient (Wildman–Crippen LogP) is 3.42. The molecule has 2 heterocycles. The largest absolute Gasteiger partial charge is 0.324 e. The lowest BCUT2D eigenvalue weighted by Gasteiger charge is -2.20. The number of carbonyl (C=O) groups excluding carboxylic acids is 1. The van der Waals surface area contributed by atoms with Crippen molar-refractivity contribution in [3.8, 4) is 0 Å². The van der Waals surface area contributed by atoms with Crippen LogP contribution in [0, 0.1) is 0 Å².